The number of methoxy groups -OCH3 is 1. The van der Waals surface area contributed by atoms with Crippen molar-refractivity contribution in [2.45, 2.75) is 19.3 Å². The van der Waals surface area contributed by atoms with E-state index in [1.54, 1.807) is 7.11 Å². The Morgan fingerprint density at radius 3 is 2.93 bits per heavy atom. The highest BCUT2D eigenvalue weighted by Crippen LogP contribution is 2.24. The van der Waals surface area contributed by atoms with Gasteiger partial charge in [0.1, 0.15) is 11.6 Å². The largest absolute Gasteiger partial charge is 0.497 e. The monoisotopic (exact) mass is 204 g/mol. The molecular formula is C12H16N2O. The SMILES string of the molecule is COc1cccc(N2CCCCC2=N)c1. The molecule has 0 atom stereocenters. The lowest BCUT2D eigenvalue weighted by Crippen LogP contribution is -2.34. The first-order valence-electron chi connectivity index (χ1n) is 5.30. The van der Waals surface area contributed by atoms with Crippen molar-refractivity contribution in [3.05, 3.63) is 24.3 Å². The summed E-state index contributed by atoms with van der Waals surface area (Å²) >= 11 is 0. The molecule has 0 bridgehead atoms. The minimum Gasteiger partial charge on any atom is -0.497 e. The lowest BCUT2D eigenvalue weighted by Gasteiger charge is -2.29. The Morgan fingerprint density at radius 2 is 2.20 bits per heavy atom. The van der Waals surface area contributed by atoms with Crippen LogP contribution < -0.4 is 9.64 Å². The van der Waals surface area contributed by atoms with Gasteiger partial charge in [0.2, 0.25) is 0 Å². The number of hydrogen-bond acceptors (Lipinski definition) is 2. The molecular weight excluding hydrogens is 188 g/mol. The number of amidine groups is 1. The molecule has 80 valence electrons. The summed E-state index contributed by atoms with van der Waals surface area (Å²) < 4.78 is 5.18. The van der Waals surface area contributed by atoms with E-state index in [1.807, 2.05) is 24.3 Å². The molecule has 15 heavy (non-hydrogen) atoms. The third-order valence-electron chi connectivity index (χ3n) is 2.74. The van der Waals surface area contributed by atoms with Crippen molar-refractivity contribution in [1.29, 1.82) is 5.41 Å². The Morgan fingerprint density at radius 1 is 1.33 bits per heavy atom. The van der Waals surface area contributed by atoms with E-state index in [9.17, 15) is 0 Å². The van der Waals surface area contributed by atoms with Gasteiger partial charge in [-0.25, -0.2) is 0 Å². The zero-order valence-corrected chi connectivity index (χ0v) is 8.99. The van der Waals surface area contributed by atoms with Crippen molar-refractivity contribution in [3.63, 3.8) is 0 Å². The van der Waals surface area contributed by atoms with Crippen molar-refractivity contribution < 1.29 is 4.74 Å². The maximum absolute atomic E-state index is 7.90. The highest BCUT2D eigenvalue weighted by atomic mass is 16.5. The number of nitrogens with zero attached hydrogens (tertiary/aromatic N) is 1. The first kappa shape index (κ1) is 10.0. The summed E-state index contributed by atoms with van der Waals surface area (Å²) in [6.07, 6.45) is 3.19. The van der Waals surface area contributed by atoms with E-state index in [2.05, 4.69) is 4.90 Å². The van der Waals surface area contributed by atoms with Crippen LogP contribution in [0.5, 0.6) is 5.75 Å². The van der Waals surface area contributed by atoms with Gasteiger partial charge in [-0.1, -0.05) is 6.07 Å². The fourth-order valence-corrected chi connectivity index (χ4v) is 1.90. The first-order valence-corrected chi connectivity index (χ1v) is 5.30. The van der Waals surface area contributed by atoms with Crippen LogP contribution in [0.4, 0.5) is 5.69 Å². The van der Waals surface area contributed by atoms with E-state index < -0.39 is 0 Å². The Hall–Kier alpha value is -1.51. The molecule has 1 saturated heterocycles. The quantitative estimate of drug-likeness (QED) is 0.804. The Bertz CT molecular complexity index is 362. The molecule has 3 heteroatoms. The van der Waals surface area contributed by atoms with Gasteiger partial charge in [0, 0.05) is 24.7 Å². The van der Waals surface area contributed by atoms with Crippen LogP contribution in [0.3, 0.4) is 0 Å². The summed E-state index contributed by atoms with van der Waals surface area (Å²) in [4.78, 5) is 2.06. The predicted octanol–water partition coefficient (Wildman–Crippen LogP) is 2.66. The summed E-state index contributed by atoms with van der Waals surface area (Å²) in [5, 5.41) is 7.90. The molecule has 0 aliphatic carbocycles. The van der Waals surface area contributed by atoms with Gasteiger partial charge in [-0.15, -0.1) is 0 Å². The molecule has 0 spiro atoms. The molecule has 1 aromatic rings. The van der Waals surface area contributed by atoms with Crippen LogP contribution in [-0.2, 0) is 0 Å². The average molecular weight is 204 g/mol. The van der Waals surface area contributed by atoms with Crippen LogP contribution in [-0.4, -0.2) is 19.5 Å². The van der Waals surface area contributed by atoms with E-state index in [0.29, 0.717) is 0 Å². The Balaban J connectivity index is 2.23. The van der Waals surface area contributed by atoms with E-state index >= 15 is 0 Å². The van der Waals surface area contributed by atoms with E-state index in [1.165, 1.54) is 6.42 Å². The number of anilines is 1. The molecule has 1 heterocycles. The summed E-state index contributed by atoms with van der Waals surface area (Å²) in [6.45, 7) is 0.950. The smallest absolute Gasteiger partial charge is 0.120 e. The standard InChI is InChI=1S/C12H16N2O/c1-15-11-6-4-5-10(9-11)14-8-3-2-7-12(14)13/h4-6,9,13H,2-3,7-8H2,1H3. The third kappa shape index (κ3) is 2.12. The van der Waals surface area contributed by atoms with Crippen molar-refractivity contribution >= 4 is 11.5 Å². The summed E-state index contributed by atoms with van der Waals surface area (Å²) in [7, 11) is 1.67. The van der Waals surface area contributed by atoms with Gasteiger partial charge in [0.15, 0.2) is 0 Å². The molecule has 1 fully saturated rings. The molecule has 2 rings (SSSR count). The summed E-state index contributed by atoms with van der Waals surface area (Å²) in [5.41, 5.74) is 1.07. The number of hydrogen-bond donors (Lipinski definition) is 1. The maximum Gasteiger partial charge on any atom is 0.120 e. The van der Waals surface area contributed by atoms with Crippen molar-refractivity contribution in [2.75, 3.05) is 18.6 Å². The molecule has 3 nitrogen and oxygen atoms in total. The molecule has 1 N–H and O–H groups in total. The predicted molar refractivity (Wildman–Crippen MR) is 61.9 cm³/mol. The van der Waals surface area contributed by atoms with Crippen LogP contribution in [0.1, 0.15) is 19.3 Å². The van der Waals surface area contributed by atoms with E-state index in [4.69, 9.17) is 10.1 Å². The van der Waals surface area contributed by atoms with Crippen molar-refractivity contribution in [2.24, 2.45) is 0 Å². The van der Waals surface area contributed by atoms with Crippen LogP contribution in [0.25, 0.3) is 0 Å². The van der Waals surface area contributed by atoms with Crippen LogP contribution in [0.2, 0.25) is 0 Å². The fraction of sp³-hybridized carbons (Fsp3) is 0.417. The average Bonchev–Trinajstić information content (AvgIpc) is 2.30. The zero-order chi connectivity index (χ0) is 10.7. The molecule has 0 radical (unpaired) electrons. The normalized spacial score (nSPS) is 16.6. The van der Waals surface area contributed by atoms with Gasteiger partial charge in [-0.2, -0.15) is 0 Å². The maximum atomic E-state index is 7.90. The second-order valence-corrected chi connectivity index (χ2v) is 3.76. The van der Waals surface area contributed by atoms with Gasteiger partial charge in [0.25, 0.3) is 0 Å². The van der Waals surface area contributed by atoms with Crippen LogP contribution in [0.15, 0.2) is 24.3 Å². The molecule has 0 saturated carbocycles. The Labute approximate surface area is 90.2 Å². The first-order chi connectivity index (χ1) is 7.31. The second-order valence-electron chi connectivity index (χ2n) is 3.76. The van der Waals surface area contributed by atoms with Crippen molar-refractivity contribution in [3.8, 4) is 5.75 Å². The lowest BCUT2D eigenvalue weighted by atomic mass is 10.1. The molecule has 0 aromatic heterocycles. The van der Waals surface area contributed by atoms with E-state index in [-0.39, 0.29) is 0 Å². The minimum atomic E-state index is 0.717. The molecule has 0 unspecified atom stereocenters. The highest BCUT2D eigenvalue weighted by Gasteiger charge is 2.16. The van der Waals surface area contributed by atoms with Gasteiger partial charge in [-0.05, 0) is 25.0 Å². The Kier molecular flexibility index (Phi) is 2.90. The van der Waals surface area contributed by atoms with Gasteiger partial charge in [0.05, 0.1) is 7.11 Å². The number of ether oxygens (including phenoxy) is 1. The van der Waals surface area contributed by atoms with Crippen LogP contribution in [0, 0.1) is 5.41 Å². The number of rotatable bonds is 2. The zero-order valence-electron chi connectivity index (χ0n) is 8.99. The number of piperidine rings is 1. The molecule has 0 amide bonds. The summed E-state index contributed by atoms with van der Waals surface area (Å²) in [6, 6.07) is 7.91. The molecule has 1 aromatic carbocycles. The lowest BCUT2D eigenvalue weighted by molar-refractivity contribution is 0.415. The van der Waals surface area contributed by atoms with Gasteiger partial charge < -0.3 is 9.64 Å². The minimum absolute atomic E-state index is 0.717. The van der Waals surface area contributed by atoms with Crippen molar-refractivity contribution in [1.82, 2.24) is 0 Å². The second kappa shape index (κ2) is 4.34. The fourth-order valence-electron chi connectivity index (χ4n) is 1.90. The van der Waals surface area contributed by atoms with Crippen LogP contribution >= 0.6 is 0 Å². The van der Waals surface area contributed by atoms with Gasteiger partial charge >= 0.3 is 0 Å². The highest BCUT2D eigenvalue weighted by molar-refractivity contribution is 5.96. The third-order valence-corrected chi connectivity index (χ3v) is 2.74. The molecule has 1 aliphatic heterocycles. The van der Waals surface area contributed by atoms with E-state index in [0.717, 1.165) is 36.7 Å². The molecule has 1 aliphatic rings. The number of benzene rings is 1. The summed E-state index contributed by atoms with van der Waals surface area (Å²) in [5.74, 6) is 1.57. The van der Waals surface area contributed by atoms with Gasteiger partial charge in [-0.3, -0.25) is 5.41 Å². The number of nitrogens with one attached hydrogen (secondary N) is 1. The topological polar surface area (TPSA) is 36.3 Å².